The van der Waals surface area contributed by atoms with Crippen LogP contribution >= 0.6 is 0 Å². The average Bonchev–Trinajstić information content (AvgIpc) is 3.32. The third kappa shape index (κ3) is 2.57. The van der Waals surface area contributed by atoms with Gasteiger partial charge in [0.2, 0.25) is 0 Å². The normalized spacial score (nSPS) is 12.2. The highest BCUT2D eigenvalue weighted by Gasteiger charge is 2.17. The Kier molecular flexibility index (Phi) is 3.02. The third-order valence-corrected chi connectivity index (χ3v) is 3.03. The molecular formula is C16H11N3O. The predicted molar refractivity (Wildman–Crippen MR) is 75.7 cm³/mol. The van der Waals surface area contributed by atoms with Gasteiger partial charge < -0.3 is 5.32 Å². The molecule has 1 aliphatic carbocycles. The van der Waals surface area contributed by atoms with Crippen molar-refractivity contribution in [1.29, 1.82) is 5.26 Å². The molecule has 20 heavy (non-hydrogen) atoms. The fraction of sp³-hybridized carbons (Fsp3) is 0.0625. The van der Waals surface area contributed by atoms with Gasteiger partial charge in [-0.05, 0) is 41.8 Å². The molecule has 0 atom stereocenters. The van der Waals surface area contributed by atoms with Crippen LogP contribution in [0.2, 0.25) is 0 Å². The second-order valence-electron chi connectivity index (χ2n) is 4.51. The molecule has 1 N–H and O–H groups in total. The van der Waals surface area contributed by atoms with Crippen LogP contribution in [0.15, 0.2) is 54.2 Å². The summed E-state index contributed by atoms with van der Waals surface area (Å²) in [6.07, 6.45) is 4.27. The summed E-state index contributed by atoms with van der Waals surface area (Å²) < 4.78 is 0. The molecule has 2 aromatic rings. The minimum Gasteiger partial charge on any atom is -0.307 e. The minimum absolute atomic E-state index is 0.0968. The number of pyridine rings is 1. The summed E-state index contributed by atoms with van der Waals surface area (Å²) in [4.78, 5) is 15.8. The topological polar surface area (TPSA) is 65.8 Å². The molecule has 96 valence electrons. The number of hydrogen-bond donors (Lipinski definition) is 1. The maximum Gasteiger partial charge on any atom is 0.252 e. The van der Waals surface area contributed by atoms with E-state index in [2.05, 4.69) is 16.4 Å². The Balaban J connectivity index is 1.88. The molecule has 4 nitrogen and oxygen atoms in total. The summed E-state index contributed by atoms with van der Waals surface area (Å²) in [6, 6.07) is 13.1. The van der Waals surface area contributed by atoms with E-state index in [0.29, 0.717) is 11.4 Å². The highest BCUT2D eigenvalue weighted by atomic mass is 16.1. The maximum atomic E-state index is 11.7. The molecule has 1 amide bonds. The van der Waals surface area contributed by atoms with Gasteiger partial charge in [0.05, 0.1) is 11.6 Å². The van der Waals surface area contributed by atoms with Gasteiger partial charge in [-0.15, -0.1) is 0 Å². The molecule has 0 radical (unpaired) electrons. The Hall–Kier alpha value is -2.93. The second-order valence-corrected chi connectivity index (χ2v) is 4.51. The number of amides is 1. The van der Waals surface area contributed by atoms with Crippen molar-refractivity contribution in [3.05, 3.63) is 59.8 Å². The SMILES string of the molecule is N#Cc1cccc(-c2ccnc(NC(=O)C3=CC3)c2)c1. The Morgan fingerprint density at radius 1 is 1.25 bits per heavy atom. The number of allylic oxidation sites excluding steroid dienone is 1. The Labute approximate surface area is 116 Å². The number of nitrogens with one attached hydrogen (secondary N) is 1. The van der Waals surface area contributed by atoms with Crippen molar-refractivity contribution in [3.63, 3.8) is 0 Å². The summed E-state index contributed by atoms with van der Waals surface area (Å²) in [5.74, 6) is 0.420. The molecule has 0 saturated heterocycles. The predicted octanol–water partition coefficient (Wildman–Crippen LogP) is 2.89. The van der Waals surface area contributed by atoms with Crippen LogP contribution in [-0.4, -0.2) is 10.9 Å². The molecule has 3 rings (SSSR count). The van der Waals surface area contributed by atoms with Gasteiger partial charge in [-0.25, -0.2) is 4.98 Å². The van der Waals surface area contributed by atoms with Crippen LogP contribution in [0.25, 0.3) is 11.1 Å². The molecule has 0 fully saturated rings. The zero-order valence-corrected chi connectivity index (χ0v) is 10.6. The number of carbonyl (C=O) groups excluding carboxylic acids is 1. The first-order chi connectivity index (χ1) is 9.76. The molecule has 1 aliphatic rings. The molecule has 0 spiro atoms. The number of carbonyl (C=O) groups is 1. The van der Waals surface area contributed by atoms with Crippen LogP contribution in [0.1, 0.15) is 12.0 Å². The van der Waals surface area contributed by atoms with Crippen molar-refractivity contribution in [2.45, 2.75) is 6.42 Å². The zero-order chi connectivity index (χ0) is 13.9. The second kappa shape index (κ2) is 4.98. The summed E-state index contributed by atoms with van der Waals surface area (Å²) in [5, 5.41) is 11.7. The lowest BCUT2D eigenvalue weighted by Crippen LogP contribution is -2.10. The molecule has 0 bridgehead atoms. The first-order valence-electron chi connectivity index (χ1n) is 6.23. The number of hydrogen-bond acceptors (Lipinski definition) is 3. The highest BCUT2D eigenvalue weighted by Crippen LogP contribution is 2.24. The first kappa shape index (κ1) is 12.1. The van der Waals surface area contributed by atoms with Crippen LogP contribution in [-0.2, 0) is 4.79 Å². The van der Waals surface area contributed by atoms with Crippen molar-refractivity contribution in [1.82, 2.24) is 4.98 Å². The highest BCUT2D eigenvalue weighted by molar-refractivity contribution is 6.06. The van der Waals surface area contributed by atoms with Crippen molar-refractivity contribution in [2.24, 2.45) is 0 Å². The van der Waals surface area contributed by atoms with Crippen molar-refractivity contribution >= 4 is 11.7 Å². The molecular weight excluding hydrogens is 250 g/mol. The number of rotatable bonds is 3. The standard InChI is InChI=1S/C16H11N3O/c17-10-11-2-1-3-13(8-11)14-6-7-18-15(9-14)19-16(20)12-4-5-12/h1-4,6-9H,5H2,(H,18,19,20). The minimum atomic E-state index is -0.0968. The van der Waals surface area contributed by atoms with Crippen molar-refractivity contribution < 1.29 is 4.79 Å². The average molecular weight is 261 g/mol. The van der Waals surface area contributed by atoms with E-state index in [-0.39, 0.29) is 5.91 Å². The van der Waals surface area contributed by atoms with Gasteiger partial charge in [0.1, 0.15) is 5.82 Å². The van der Waals surface area contributed by atoms with Crippen molar-refractivity contribution in [3.8, 4) is 17.2 Å². The Morgan fingerprint density at radius 2 is 2.05 bits per heavy atom. The number of benzene rings is 1. The van der Waals surface area contributed by atoms with E-state index in [1.54, 1.807) is 18.3 Å². The molecule has 1 aromatic heterocycles. The van der Waals surface area contributed by atoms with E-state index < -0.39 is 0 Å². The maximum absolute atomic E-state index is 11.7. The summed E-state index contributed by atoms with van der Waals surface area (Å²) in [5.41, 5.74) is 3.24. The third-order valence-electron chi connectivity index (χ3n) is 3.03. The van der Waals surface area contributed by atoms with E-state index in [1.165, 1.54) is 0 Å². The largest absolute Gasteiger partial charge is 0.307 e. The van der Waals surface area contributed by atoms with Gasteiger partial charge in [0.25, 0.3) is 5.91 Å². The Bertz CT molecular complexity index is 756. The fourth-order valence-electron chi connectivity index (χ4n) is 1.88. The van der Waals surface area contributed by atoms with Crippen LogP contribution in [0, 0.1) is 11.3 Å². The smallest absolute Gasteiger partial charge is 0.252 e. The first-order valence-corrected chi connectivity index (χ1v) is 6.23. The van der Waals surface area contributed by atoms with Gasteiger partial charge in [0, 0.05) is 11.8 Å². The lowest BCUT2D eigenvalue weighted by molar-refractivity contribution is -0.112. The Morgan fingerprint density at radius 3 is 2.80 bits per heavy atom. The van der Waals surface area contributed by atoms with E-state index in [1.807, 2.05) is 30.3 Å². The fourth-order valence-corrected chi connectivity index (χ4v) is 1.88. The van der Waals surface area contributed by atoms with Crippen molar-refractivity contribution in [2.75, 3.05) is 5.32 Å². The number of aromatic nitrogens is 1. The van der Waals surface area contributed by atoms with Gasteiger partial charge in [-0.3, -0.25) is 4.79 Å². The number of anilines is 1. The lowest BCUT2D eigenvalue weighted by atomic mass is 10.0. The molecule has 1 aromatic carbocycles. The lowest BCUT2D eigenvalue weighted by Gasteiger charge is -2.06. The number of nitrogens with zero attached hydrogens (tertiary/aromatic N) is 2. The van der Waals surface area contributed by atoms with E-state index in [4.69, 9.17) is 5.26 Å². The van der Waals surface area contributed by atoms with Gasteiger partial charge in [-0.2, -0.15) is 5.26 Å². The van der Waals surface area contributed by atoms with Gasteiger partial charge in [-0.1, -0.05) is 18.2 Å². The molecule has 4 heteroatoms. The molecule has 0 unspecified atom stereocenters. The molecule has 1 heterocycles. The van der Waals surface area contributed by atoms with Gasteiger partial charge >= 0.3 is 0 Å². The monoisotopic (exact) mass is 261 g/mol. The zero-order valence-electron chi connectivity index (χ0n) is 10.6. The molecule has 0 saturated carbocycles. The summed E-state index contributed by atoms with van der Waals surface area (Å²) in [6.45, 7) is 0. The van der Waals surface area contributed by atoms with Crippen LogP contribution in [0.4, 0.5) is 5.82 Å². The van der Waals surface area contributed by atoms with Crippen LogP contribution in [0.3, 0.4) is 0 Å². The van der Waals surface area contributed by atoms with E-state index >= 15 is 0 Å². The van der Waals surface area contributed by atoms with Crippen LogP contribution in [0.5, 0.6) is 0 Å². The quantitative estimate of drug-likeness (QED) is 0.923. The van der Waals surface area contributed by atoms with E-state index in [9.17, 15) is 4.79 Å². The van der Waals surface area contributed by atoms with Gasteiger partial charge in [0.15, 0.2) is 0 Å². The number of nitriles is 1. The van der Waals surface area contributed by atoms with Crippen LogP contribution < -0.4 is 5.32 Å². The summed E-state index contributed by atoms with van der Waals surface area (Å²) >= 11 is 0. The summed E-state index contributed by atoms with van der Waals surface area (Å²) in [7, 11) is 0. The van der Waals surface area contributed by atoms with E-state index in [0.717, 1.165) is 23.1 Å². The molecule has 0 aliphatic heterocycles.